The average molecular weight is 226 g/mol. The fourth-order valence-electron chi connectivity index (χ4n) is 3.24. The molecule has 0 amide bonds. The van der Waals surface area contributed by atoms with E-state index in [2.05, 4.69) is 4.90 Å². The van der Waals surface area contributed by atoms with Crippen LogP contribution in [0, 0.1) is 5.92 Å². The Hall–Kier alpha value is -0.610. The lowest BCUT2D eigenvalue weighted by atomic mass is 9.90. The van der Waals surface area contributed by atoms with Crippen molar-refractivity contribution in [3.8, 4) is 0 Å². The Morgan fingerprint density at radius 1 is 1.44 bits per heavy atom. The Labute approximate surface area is 96.8 Å². The zero-order valence-electron chi connectivity index (χ0n) is 9.98. The van der Waals surface area contributed by atoms with E-state index in [1.807, 2.05) is 0 Å². The van der Waals surface area contributed by atoms with Crippen LogP contribution in [0.25, 0.3) is 0 Å². The van der Waals surface area contributed by atoms with E-state index in [4.69, 9.17) is 10.8 Å². The fraction of sp³-hybridized carbons (Fsp3) is 0.917. The lowest BCUT2D eigenvalue weighted by Gasteiger charge is -2.40. The molecule has 4 heteroatoms. The summed E-state index contributed by atoms with van der Waals surface area (Å²) in [5, 5.41) is 9.06. The summed E-state index contributed by atoms with van der Waals surface area (Å²) in [6, 6.07) is 0.593. The molecule has 0 aromatic heterocycles. The summed E-state index contributed by atoms with van der Waals surface area (Å²) in [4.78, 5) is 13.3. The van der Waals surface area contributed by atoms with Crippen molar-refractivity contribution in [1.82, 2.24) is 4.90 Å². The van der Waals surface area contributed by atoms with Crippen LogP contribution >= 0.6 is 0 Å². The summed E-state index contributed by atoms with van der Waals surface area (Å²) in [6.07, 6.45) is 6.34. The second-order valence-corrected chi connectivity index (χ2v) is 5.59. The van der Waals surface area contributed by atoms with Crippen LogP contribution < -0.4 is 5.73 Å². The minimum atomic E-state index is -1.11. The Kier molecular flexibility index (Phi) is 3.22. The minimum absolute atomic E-state index is 0.490. The highest BCUT2D eigenvalue weighted by molar-refractivity contribution is 5.78. The maximum atomic E-state index is 11.0. The van der Waals surface area contributed by atoms with Gasteiger partial charge in [-0.05, 0) is 45.1 Å². The van der Waals surface area contributed by atoms with Crippen LogP contribution in [0.4, 0.5) is 0 Å². The summed E-state index contributed by atoms with van der Waals surface area (Å²) in [5.41, 5.74) is 4.73. The van der Waals surface area contributed by atoms with Gasteiger partial charge in [0.25, 0.3) is 0 Å². The van der Waals surface area contributed by atoms with E-state index in [1.54, 1.807) is 6.92 Å². The molecule has 0 aromatic rings. The van der Waals surface area contributed by atoms with Crippen LogP contribution in [0.3, 0.4) is 0 Å². The van der Waals surface area contributed by atoms with Crippen molar-refractivity contribution in [3.05, 3.63) is 0 Å². The molecule has 92 valence electrons. The van der Waals surface area contributed by atoms with Crippen molar-refractivity contribution in [1.29, 1.82) is 0 Å². The Morgan fingerprint density at radius 2 is 2.12 bits per heavy atom. The molecule has 3 atom stereocenters. The van der Waals surface area contributed by atoms with E-state index >= 15 is 0 Å². The van der Waals surface area contributed by atoms with Crippen LogP contribution in [0.2, 0.25) is 0 Å². The molecular formula is C12H22N2O2. The first-order chi connectivity index (χ1) is 7.50. The molecule has 3 unspecified atom stereocenters. The van der Waals surface area contributed by atoms with Gasteiger partial charge in [0.15, 0.2) is 0 Å². The monoisotopic (exact) mass is 226 g/mol. The lowest BCUT2D eigenvalue weighted by molar-refractivity contribution is -0.143. The Balaban J connectivity index is 2.01. The van der Waals surface area contributed by atoms with Crippen molar-refractivity contribution in [2.24, 2.45) is 11.7 Å². The van der Waals surface area contributed by atoms with E-state index in [9.17, 15) is 4.79 Å². The number of carboxylic acid groups (broad SMARTS) is 1. The van der Waals surface area contributed by atoms with E-state index in [1.165, 1.54) is 32.1 Å². The van der Waals surface area contributed by atoms with Crippen LogP contribution in [0.1, 0.15) is 39.0 Å². The van der Waals surface area contributed by atoms with Gasteiger partial charge in [0.05, 0.1) is 0 Å². The van der Waals surface area contributed by atoms with Crippen molar-refractivity contribution >= 4 is 5.97 Å². The second kappa shape index (κ2) is 4.34. The summed E-state index contributed by atoms with van der Waals surface area (Å²) in [7, 11) is 0. The normalized spacial score (nSPS) is 34.4. The van der Waals surface area contributed by atoms with Crippen molar-refractivity contribution < 1.29 is 9.90 Å². The molecule has 0 spiro atoms. The van der Waals surface area contributed by atoms with Crippen LogP contribution in [-0.4, -0.2) is 40.6 Å². The largest absolute Gasteiger partial charge is 0.480 e. The van der Waals surface area contributed by atoms with Gasteiger partial charge in [-0.1, -0.05) is 6.42 Å². The van der Waals surface area contributed by atoms with Crippen molar-refractivity contribution in [3.63, 3.8) is 0 Å². The SMILES string of the molecule is CC(N)(CN1CCCC2CCCC21)C(=O)O. The maximum Gasteiger partial charge on any atom is 0.324 e. The standard InChI is InChI=1S/C12H22N2O2/c1-12(13,11(15)16)8-14-7-3-5-9-4-2-6-10(9)14/h9-10H,2-8,13H2,1H3,(H,15,16). The van der Waals surface area contributed by atoms with Gasteiger partial charge in [-0.15, -0.1) is 0 Å². The summed E-state index contributed by atoms with van der Waals surface area (Å²) >= 11 is 0. The predicted octanol–water partition coefficient (Wildman–Crippen LogP) is 1.05. The van der Waals surface area contributed by atoms with Gasteiger partial charge in [0.2, 0.25) is 0 Å². The van der Waals surface area contributed by atoms with Gasteiger partial charge >= 0.3 is 5.97 Å². The fourth-order valence-corrected chi connectivity index (χ4v) is 3.24. The number of hydrogen-bond acceptors (Lipinski definition) is 3. The molecule has 3 N–H and O–H groups in total. The molecule has 1 aliphatic carbocycles. The second-order valence-electron chi connectivity index (χ2n) is 5.59. The molecule has 1 aliphatic heterocycles. The first kappa shape index (κ1) is 11.9. The number of likely N-dealkylation sites (tertiary alicyclic amines) is 1. The number of hydrogen-bond donors (Lipinski definition) is 2. The number of fused-ring (bicyclic) bond motifs is 1. The van der Waals surface area contributed by atoms with Gasteiger partial charge in [0, 0.05) is 12.6 Å². The zero-order chi connectivity index (χ0) is 11.8. The highest BCUT2D eigenvalue weighted by Crippen LogP contribution is 2.37. The molecule has 1 heterocycles. The average Bonchev–Trinajstić information content (AvgIpc) is 2.65. The third-order valence-electron chi connectivity index (χ3n) is 4.13. The number of nitrogens with zero attached hydrogens (tertiary/aromatic N) is 1. The molecular weight excluding hydrogens is 204 g/mol. The zero-order valence-corrected chi connectivity index (χ0v) is 9.98. The van der Waals surface area contributed by atoms with Gasteiger partial charge in [-0.25, -0.2) is 0 Å². The van der Waals surface area contributed by atoms with E-state index in [-0.39, 0.29) is 0 Å². The number of piperidine rings is 1. The van der Waals surface area contributed by atoms with E-state index < -0.39 is 11.5 Å². The quantitative estimate of drug-likeness (QED) is 0.755. The lowest BCUT2D eigenvalue weighted by Crippen LogP contribution is -2.57. The highest BCUT2D eigenvalue weighted by atomic mass is 16.4. The summed E-state index contributed by atoms with van der Waals surface area (Å²) in [5.74, 6) is -0.106. The third kappa shape index (κ3) is 2.23. The number of aliphatic carboxylic acids is 1. The maximum absolute atomic E-state index is 11.0. The number of carboxylic acids is 1. The number of rotatable bonds is 3. The minimum Gasteiger partial charge on any atom is -0.480 e. The van der Waals surface area contributed by atoms with Crippen LogP contribution in [0.5, 0.6) is 0 Å². The third-order valence-corrected chi connectivity index (χ3v) is 4.13. The van der Waals surface area contributed by atoms with Crippen LogP contribution in [-0.2, 0) is 4.79 Å². The Bertz CT molecular complexity index is 278. The Morgan fingerprint density at radius 3 is 2.81 bits per heavy atom. The smallest absolute Gasteiger partial charge is 0.324 e. The first-order valence-electron chi connectivity index (χ1n) is 6.27. The summed E-state index contributed by atoms with van der Waals surface area (Å²) < 4.78 is 0. The van der Waals surface area contributed by atoms with Gasteiger partial charge in [-0.3, -0.25) is 9.69 Å². The van der Waals surface area contributed by atoms with Crippen molar-refractivity contribution in [2.75, 3.05) is 13.1 Å². The highest BCUT2D eigenvalue weighted by Gasteiger charge is 2.39. The predicted molar refractivity (Wildman–Crippen MR) is 62.2 cm³/mol. The molecule has 4 nitrogen and oxygen atoms in total. The molecule has 1 saturated heterocycles. The molecule has 2 fully saturated rings. The molecule has 16 heavy (non-hydrogen) atoms. The van der Waals surface area contributed by atoms with Gasteiger partial charge < -0.3 is 10.8 Å². The molecule has 0 aromatic carbocycles. The topological polar surface area (TPSA) is 66.6 Å². The molecule has 1 saturated carbocycles. The van der Waals surface area contributed by atoms with E-state index in [0.717, 1.165) is 12.5 Å². The molecule has 2 aliphatic rings. The number of carbonyl (C=O) groups is 1. The van der Waals surface area contributed by atoms with Gasteiger partial charge in [0.1, 0.15) is 5.54 Å². The molecule has 0 bridgehead atoms. The first-order valence-corrected chi connectivity index (χ1v) is 6.27. The van der Waals surface area contributed by atoms with E-state index in [0.29, 0.717) is 12.6 Å². The van der Waals surface area contributed by atoms with Crippen molar-refractivity contribution in [2.45, 2.75) is 50.6 Å². The molecule has 2 rings (SSSR count). The number of nitrogens with two attached hydrogens (primary N) is 1. The van der Waals surface area contributed by atoms with Crippen LogP contribution in [0.15, 0.2) is 0 Å². The van der Waals surface area contributed by atoms with Gasteiger partial charge in [-0.2, -0.15) is 0 Å². The molecule has 0 radical (unpaired) electrons. The summed E-state index contributed by atoms with van der Waals surface area (Å²) in [6.45, 7) is 3.12.